The molecule has 1 heterocycles. The van der Waals surface area contributed by atoms with Gasteiger partial charge >= 0.3 is 11.9 Å². The standard InChI is InChI=1S/C20H32N6O7S2/c1-34-5-3-12(21)17(29)25-14(8-16(27)28)19(31)24-13(4-6-35-2)18(30)26-15(20(32)33)7-11-9-22-10-23-11/h9-10,12-15H,3-8,21H2,1-2H3,(H,22,23)(H,24,31)(H,25,29)(H,26,30)(H,27,28)(H,32,33). The van der Waals surface area contributed by atoms with Crippen LogP contribution in [0.15, 0.2) is 12.5 Å². The Morgan fingerprint density at radius 2 is 1.51 bits per heavy atom. The van der Waals surface area contributed by atoms with Gasteiger partial charge < -0.3 is 36.9 Å². The lowest BCUT2D eigenvalue weighted by Crippen LogP contribution is -2.57. The molecule has 0 saturated heterocycles. The van der Waals surface area contributed by atoms with Crippen LogP contribution in [-0.2, 0) is 30.4 Å². The largest absolute Gasteiger partial charge is 0.481 e. The van der Waals surface area contributed by atoms with Gasteiger partial charge in [0.1, 0.15) is 18.1 Å². The Morgan fingerprint density at radius 3 is 2.06 bits per heavy atom. The maximum absolute atomic E-state index is 12.9. The lowest BCUT2D eigenvalue weighted by Gasteiger charge is -2.24. The van der Waals surface area contributed by atoms with Gasteiger partial charge in [-0.15, -0.1) is 0 Å². The van der Waals surface area contributed by atoms with Crippen LogP contribution in [0.25, 0.3) is 0 Å². The number of thioether (sulfide) groups is 2. The van der Waals surface area contributed by atoms with Crippen molar-refractivity contribution in [2.45, 2.75) is 49.9 Å². The highest BCUT2D eigenvalue weighted by atomic mass is 32.2. The predicted molar refractivity (Wildman–Crippen MR) is 132 cm³/mol. The fourth-order valence-corrected chi connectivity index (χ4v) is 3.87. The molecule has 1 rings (SSSR count). The molecule has 0 aromatic carbocycles. The molecule has 0 saturated carbocycles. The zero-order chi connectivity index (χ0) is 26.4. The highest BCUT2D eigenvalue weighted by Crippen LogP contribution is 2.06. The van der Waals surface area contributed by atoms with Gasteiger partial charge in [0.15, 0.2) is 0 Å². The molecule has 0 aliphatic heterocycles. The van der Waals surface area contributed by atoms with Gasteiger partial charge in [0, 0.05) is 18.3 Å². The Bertz CT molecular complexity index is 855. The number of hydrogen-bond acceptors (Lipinski definition) is 9. The van der Waals surface area contributed by atoms with Crippen LogP contribution in [0, 0.1) is 0 Å². The summed E-state index contributed by atoms with van der Waals surface area (Å²) in [4.78, 5) is 67.6. The molecule has 0 radical (unpaired) electrons. The van der Waals surface area contributed by atoms with E-state index in [1.54, 1.807) is 6.26 Å². The summed E-state index contributed by atoms with van der Waals surface area (Å²) in [6, 6.07) is -4.84. The second kappa shape index (κ2) is 16.0. The van der Waals surface area contributed by atoms with Crippen molar-refractivity contribution in [3.63, 3.8) is 0 Å². The molecule has 4 atom stereocenters. The quantitative estimate of drug-likeness (QED) is 0.126. The minimum absolute atomic E-state index is 0.0596. The number of nitrogens with zero attached hydrogens (tertiary/aromatic N) is 1. The van der Waals surface area contributed by atoms with Gasteiger partial charge in [-0.1, -0.05) is 0 Å². The summed E-state index contributed by atoms with van der Waals surface area (Å²) in [6.07, 6.45) is 6.14. The van der Waals surface area contributed by atoms with E-state index in [0.717, 1.165) is 0 Å². The van der Waals surface area contributed by atoms with Crippen molar-refractivity contribution in [2.75, 3.05) is 24.0 Å². The number of carbonyl (C=O) groups is 5. The predicted octanol–water partition coefficient (Wildman–Crippen LogP) is -1.20. The van der Waals surface area contributed by atoms with Crippen LogP contribution in [0.3, 0.4) is 0 Å². The van der Waals surface area contributed by atoms with Gasteiger partial charge in [0.05, 0.1) is 18.8 Å². The van der Waals surface area contributed by atoms with E-state index in [1.165, 1.54) is 36.0 Å². The van der Waals surface area contributed by atoms with E-state index in [1.807, 2.05) is 6.26 Å². The number of aromatic amines is 1. The maximum Gasteiger partial charge on any atom is 0.326 e. The molecule has 1 aromatic heterocycles. The number of hydrogen-bond donors (Lipinski definition) is 7. The van der Waals surface area contributed by atoms with E-state index in [9.17, 15) is 34.2 Å². The first-order valence-electron chi connectivity index (χ1n) is 10.6. The molecule has 0 spiro atoms. The van der Waals surface area contributed by atoms with Crippen molar-refractivity contribution >= 4 is 53.2 Å². The number of carbonyl (C=O) groups excluding carboxylic acids is 3. The Kier molecular flexibility index (Phi) is 13.8. The maximum atomic E-state index is 12.9. The Hall–Kier alpha value is -2.78. The summed E-state index contributed by atoms with van der Waals surface area (Å²) in [7, 11) is 0. The second-order valence-corrected chi connectivity index (χ2v) is 9.54. The molecular formula is C20H32N6O7S2. The molecule has 0 bridgehead atoms. The lowest BCUT2D eigenvalue weighted by molar-refractivity contribution is -0.143. The molecule has 8 N–H and O–H groups in total. The zero-order valence-corrected chi connectivity index (χ0v) is 21.1. The zero-order valence-electron chi connectivity index (χ0n) is 19.5. The second-order valence-electron chi connectivity index (χ2n) is 7.57. The van der Waals surface area contributed by atoms with Crippen LogP contribution >= 0.6 is 23.5 Å². The fourth-order valence-electron chi connectivity index (χ4n) is 2.90. The van der Waals surface area contributed by atoms with Gasteiger partial charge in [-0.05, 0) is 36.9 Å². The number of aliphatic carboxylic acids is 2. The van der Waals surface area contributed by atoms with E-state index in [2.05, 4.69) is 25.9 Å². The van der Waals surface area contributed by atoms with Crippen molar-refractivity contribution in [1.82, 2.24) is 25.9 Å². The molecule has 0 fully saturated rings. The molecule has 13 nitrogen and oxygen atoms in total. The molecular weight excluding hydrogens is 500 g/mol. The molecule has 0 aliphatic rings. The van der Waals surface area contributed by atoms with Gasteiger partial charge in [0.2, 0.25) is 17.7 Å². The minimum Gasteiger partial charge on any atom is -0.481 e. The number of imidazole rings is 1. The van der Waals surface area contributed by atoms with Crippen LogP contribution in [0.2, 0.25) is 0 Å². The van der Waals surface area contributed by atoms with E-state index in [4.69, 9.17) is 5.73 Å². The van der Waals surface area contributed by atoms with Crippen LogP contribution < -0.4 is 21.7 Å². The van der Waals surface area contributed by atoms with Gasteiger partial charge in [-0.3, -0.25) is 19.2 Å². The van der Waals surface area contributed by atoms with Gasteiger partial charge in [-0.2, -0.15) is 23.5 Å². The molecule has 4 unspecified atom stereocenters. The fraction of sp³-hybridized carbons (Fsp3) is 0.600. The number of amides is 3. The third-order valence-electron chi connectivity index (χ3n) is 4.82. The summed E-state index contributed by atoms with van der Waals surface area (Å²) >= 11 is 2.88. The number of carboxylic acids is 2. The molecule has 35 heavy (non-hydrogen) atoms. The summed E-state index contributed by atoms with van der Waals surface area (Å²) in [6.45, 7) is 0. The normalized spacial score (nSPS) is 14.3. The third kappa shape index (κ3) is 11.5. The number of carboxylic acid groups (broad SMARTS) is 2. The van der Waals surface area contributed by atoms with Gasteiger partial charge in [0.25, 0.3) is 0 Å². The van der Waals surface area contributed by atoms with Gasteiger partial charge in [-0.25, -0.2) is 9.78 Å². The number of aromatic nitrogens is 2. The average molecular weight is 533 g/mol. The summed E-state index contributed by atoms with van der Waals surface area (Å²) in [5.74, 6) is -3.89. The number of H-pyrrole nitrogens is 1. The summed E-state index contributed by atoms with van der Waals surface area (Å²) in [5, 5.41) is 25.9. The average Bonchev–Trinajstić information content (AvgIpc) is 3.31. The molecule has 0 aliphatic carbocycles. The van der Waals surface area contributed by atoms with Crippen molar-refractivity contribution < 1.29 is 34.2 Å². The summed E-state index contributed by atoms with van der Waals surface area (Å²) in [5.41, 5.74) is 6.29. The Labute approximate surface area is 211 Å². The summed E-state index contributed by atoms with van der Waals surface area (Å²) < 4.78 is 0. The minimum atomic E-state index is -1.47. The van der Waals surface area contributed by atoms with Crippen LogP contribution in [0.5, 0.6) is 0 Å². The first-order valence-corrected chi connectivity index (χ1v) is 13.4. The SMILES string of the molecule is CSCCC(N)C(=O)NC(CC(=O)O)C(=O)NC(CCSC)C(=O)NC(Cc1cnc[nH]1)C(=O)O. The monoisotopic (exact) mass is 532 g/mol. The Balaban J connectivity index is 2.94. The van der Waals surface area contributed by atoms with Crippen molar-refractivity contribution in [3.8, 4) is 0 Å². The molecule has 3 amide bonds. The number of nitrogens with two attached hydrogens (primary N) is 1. The third-order valence-corrected chi connectivity index (χ3v) is 6.11. The van der Waals surface area contributed by atoms with Crippen molar-refractivity contribution in [3.05, 3.63) is 18.2 Å². The number of nitrogens with one attached hydrogen (secondary N) is 4. The lowest BCUT2D eigenvalue weighted by atomic mass is 10.1. The molecule has 1 aromatic rings. The number of rotatable bonds is 17. The van der Waals surface area contributed by atoms with Crippen molar-refractivity contribution in [1.29, 1.82) is 0 Å². The highest BCUT2D eigenvalue weighted by molar-refractivity contribution is 7.98. The van der Waals surface area contributed by atoms with Crippen LogP contribution in [-0.4, -0.2) is 98.0 Å². The van der Waals surface area contributed by atoms with Crippen LogP contribution in [0.4, 0.5) is 0 Å². The first kappa shape index (κ1) is 30.3. The molecule has 15 heteroatoms. The van der Waals surface area contributed by atoms with Crippen molar-refractivity contribution in [2.24, 2.45) is 5.73 Å². The first-order chi connectivity index (χ1) is 16.6. The molecule has 196 valence electrons. The van der Waals surface area contributed by atoms with Crippen LogP contribution in [0.1, 0.15) is 25.0 Å². The van der Waals surface area contributed by atoms with E-state index >= 15 is 0 Å². The Morgan fingerprint density at radius 1 is 0.943 bits per heavy atom. The van der Waals surface area contributed by atoms with E-state index in [-0.39, 0.29) is 12.8 Å². The topological polar surface area (TPSA) is 217 Å². The van der Waals surface area contributed by atoms with E-state index in [0.29, 0.717) is 23.6 Å². The van der Waals surface area contributed by atoms with E-state index < -0.39 is 60.2 Å². The smallest absolute Gasteiger partial charge is 0.326 e. The highest BCUT2D eigenvalue weighted by Gasteiger charge is 2.31.